The Balaban J connectivity index is 2.27. The van der Waals surface area contributed by atoms with Crippen LogP contribution in [0.1, 0.15) is 46.0 Å². The molecule has 0 radical (unpaired) electrons. The summed E-state index contributed by atoms with van der Waals surface area (Å²) < 4.78 is 0. The molecule has 0 bridgehead atoms. The van der Waals surface area contributed by atoms with Gasteiger partial charge >= 0.3 is 0 Å². The highest BCUT2D eigenvalue weighted by Crippen LogP contribution is 2.18. The van der Waals surface area contributed by atoms with Crippen molar-refractivity contribution in [2.75, 3.05) is 6.54 Å². The molecule has 2 unspecified atom stereocenters. The predicted molar refractivity (Wildman–Crippen MR) is 49.7 cm³/mol. The van der Waals surface area contributed by atoms with Gasteiger partial charge in [0.15, 0.2) is 0 Å². The molecular weight excluding hydrogens is 134 g/mol. The van der Waals surface area contributed by atoms with E-state index in [9.17, 15) is 0 Å². The molecule has 0 spiro atoms. The van der Waals surface area contributed by atoms with Crippen LogP contribution >= 0.6 is 0 Å². The van der Waals surface area contributed by atoms with Gasteiger partial charge in [0.05, 0.1) is 0 Å². The van der Waals surface area contributed by atoms with Gasteiger partial charge in [-0.25, -0.2) is 0 Å². The van der Waals surface area contributed by atoms with Gasteiger partial charge in [0.2, 0.25) is 0 Å². The molecule has 1 nitrogen and oxygen atoms in total. The summed E-state index contributed by atoms with van der Waals surface area (Å²) >= 11 is 0. The number of rotatable bonds is 2. The molecule has 1 saturated heterocycles. The minimum Gasteiger partial charge on any atom is -0.314 e. The Labute approximate surface area is 70.6 Å². The standard InChI is InChI=1S/C10H21N/c1-3-5-10-8-9(2)6-4-7-11-10/h9-11H,3-8H2,1-2H3. The third-order valence-electron chi connectivity index (χ3n) is 2.63. The lowest BCUT2D eigenvalue weighted by Crippen LogP contribution is -2.28. The van der Waals surface area contributed by atoms with E-state index >= 15 is 0 Å². The average Bonchev–Trinajstić information content (AvgIpc) is 2.15. The summed E-state index contributed by atoms with van der Waals surface area (Å²) in [5, 5.41) is 3.61. The molecule has 11 heavy (non-hydrogen) atoms. The summed E-state index contributed by atoms with van der Waals surface area (Å²) in [5.41, 5.74) is 0. The second kappa shape index (κ2) is 4.76. The second-order valence-corrected chi connectivity index (χ2v) is 3.92. The van der Waals surface area contributed by atoms with Crippen LogP contribution in [0.3, 0.4) is 0 Å². The maximum atomic E-state index is 3.61. The van der Waals surface area contributed by atoms with Gasteiger partial charge in [-0.1, -0.05) is 20.3 Å². The summed E-state index contributed by atoms with van der Waals surface area (Å²) in [6.45, 7) is 5.90. The van der Waals surface area contributed by atoms with Crippen LogP contribution in [-0.2, 0) is 0 Å². The van der Waals surface area contributed by atoms with Crippen molar-refractivity contribution in [3.8, 4) is 0 Å². The second-order valence-electron chi connectivity index (χ2n) is 3.92. The van der Waals surface area contributed by atoms with E-state index in [1.807, 2.05) is 0 Å². The Morgan fingerprint density at radius 1 is 1.45 bits per heavy atom. The van der Waals surface area contributed by atoms with Crippen LogP contribution in [0.15, 0.2) is 0 Å². The highest BCUT2D eigenvalue weighted by molar-refractivity contribution is 4.73. The third-order valence-corrected chi connectivity index (χ3v) is 2.63. The molecule has 1 heterocycles. The highest BCUT2D eigenvalue weighted by atomic mass is 14.9. The van der Waals surface area contributed by atoms with E-state index < -0.39 is 0 Å². The summed E-state index contributed by atoms with van der Waals surface area (Å²) in [6, 6.07) is 0.817. The topological polar surface area (TPSA) is 12.0 Å². The van der Waals surface area contributed by atoms with Crippen molar-refractivity contribution in [3.63, 3.8) is 0 Å². The zero-order valence-electron chi connectivity index (χ0n) is 7.90. The zero-order chi connectivity index (χ0) is 8.10. The molecule has 1 aliphatic heterocycles. The Morgan fingerprint density at radius 3 is 3.00 bits per heavy atom. The molecule has 0 aliphatic carbocycles. The fourth-order valence-electron chi connectivity index (χ4n) is 2.01. The summed E-state index contributed by atoms with van der Waals surface area (Å²) in [4.78, 5) is 0. The maximum absolute atomic E-state index is 3.61. The molecule has 2 atom stereocenters. The lowest BCUT2D eigenvalue weighted by atomic mass is 9.97. The predicted octanol–water partition coefficient (Wildman–Crippen LogP) is 2.56. The lowest BCUT2D eigenvalue weighted by molar-refractivity contribution is 0.416. The Hall–Kier alpha value is -0.0400. The first-order valence-electron chi connectivity index (χ1n) is 5.06. The number of nitrogens with one attached hydrogen (secondary N) is 1. The van der Waals surface area contributed by atoms with Crippen LogP contribution in [0.2, 0.25) is 0 Å². The fourth-order valence-corrected chi connectivity index (χ4v) is 2.01. The van der Waals surface area contributed by atoms with E-state index in [4.69, 9.17) is 0 Å². The van der Waals surface area contributed by atoms with Crippen molar-refractivity contribution in [2.24, 2.45) is 5.92 Å². The van der Waals surface area contributed by atoms with E-state index in [1.165, 1.54) is 38.6 Å². The SMILES string of the molecule is CCCC1CC(C)CCCN1. The van der Waals surface area contributed by atoms with E-state index in [2.05, 4.69) is 19.2 Å². The van der Waals surface area contributed by atoms with Crippen molar-refractivity contribution in [1.29, 1.82) is 0 Å². The highest BCUT2D eigenvalue weighted by Gasteiger charge is 2.14. The van der Waals surface area contributed by atoms with E-state index in [0.29, 0.717) is 0 Å². The van der Waals surface area contributed by atoms with Crippen LogP contribution in [0, 0.1) is 5.92 Å². The van der Waals surface area contributed by atoms with Gasteiger partial charge in [0.1, 0.15) is 0 Å². The number of hydrogen-bond acceptors (Lipinski definition) is 1. The summed E-state index contributed by atoms with van der Waals surface area (Å²) in [6.07, 6.45) is 6.89. The normalized spacial score (nSPS) is 33.3. The van der Waals surface area contributed by atoms with Crippen LogP contribution in [0.5, 0.6) is 0 Å². The van der Waals surface area contributed by atoms with Crippen LogP contribution in [0.4, 0.5) is 0 Å². The zero-order valence-corrected chi connectivity index (χ0v) is 7.90. The van der Waals surface area contributed by atoms with Crippen molar-refractivity contribution in [1.82, 2.24) is 5.32 Å². The average molecular weight is 155 g/mol. The molecule has 0 saturated carbocycles. The maximum Gasteiger partial charge on any atom is 0.00694 e. The molecule has 1 aliphatic rings. The quantitative estimate of drug-likeness (QED) is 0.646. The largest absolute Gasteiger partial charge is 0.314 e. The number of hydrogen-bond donors (Lipinski definition) is 1. The van der Waals surface area contributed by atoms with Gasteiger partial charge in [-0.3, -0.25) is 0 Å². The molecule has 66 valence electrons. The molecule has 1 fully saturated rings. The first-order valence-corrected chi connectivity index (χ1v) is 5.06. The molecule has 0 aromatic rings. The van der Waals surface area contributed by atoms with Gasteiger partial charge in [0, 0.05) is 6.04 Å². The lowest BCUT2D eigenvalue weighted by Gasteiger charge is -2.16. The molecular formula is C10H21N. The van der Waals surface area contributed by atoms with E-state index in [0.717, 1.165) is 12.0 Å². The minimum absolute atomic E-state index is 0.817. The molecule has 0 amide bonds. The van der Waals surface area contributed by atoms with E-state index in [1.54, 1.807) is 0 Å². The van der Waals surface area contributed by atoms with E-state index in [-0.39, 0.29) is 0 Å². The molecule has 1 rings (SSSR count). The summed E-state index contributed by atoms with van der Waals surface area (Å²) in [7, 11) is 0. The van der Waals surface area contributed by atoms with Crippen molar-refractivity contribution in [2.45, 2.75) is 52.0 Å². The first-order chi connectivity index (χ1) is 5.33. The van der Waals surface area contributed by atoms with Crippen molar-refractivity contribution in [3.05, 3.63) is 0 Å². The van der Waals surface area contributed by atoms with Gasteiger partial charge < -0.3 is 5.32 Å². The van der Waals surface area contributed by atoms with Crippen LogP contribution < -0.4 is 5.32 Å². The Bertz CT molecular complexity index is 101. The first kappa shape index (κ1) is 9.05. The van der Waals surface area contributed by atoms with Crippen molar-refractivity contribution >= 4 is 0 Å². The van der Waals surface area contributed by atoms with Crippen LogP contribution in [-0.4, -0.2) is 12.6 Å². The van der Waals surface area contributed by atoms with Gasteiger partial charge in [-0.2, -0.15) is 0 Å². The van der Waals surface area contributed by atoms with Gasteiger partial charge in [0.25, 0.3) is 0 Å². The monoisotopic (exact) mass is 155 g/mol. The molecule has 0 aromatic carbocycles. The summed E-state index contributed by atoms with van der Waals surface area (Å²) in [5.74, 6) is 0.946. The van der Waals surface area contributed by atoms with Crippen LogP contribution in [0.25, 0.3) is 0 Å². The smallest absolute Gasteiger partial charge is 0.00694 e. The third kappa shape index (κ3) is 3.24. The van der Waals surface area contributed by atoms with Gasteiger partial charge in [-0.15, -0.1) is 0 Å². The molecule has 0 aromatic heterocycles. The fraction of sp³-hybridized carbons (Fsp3) is 1.00. The Kier molecular flexibility index (Phi) is 3.92. The Morgan fingerprint density at radius 2 is 2.27 bits per heavy atom. The molecule has 1 N–H and O–H groups in total. The van der Waals surface area contributed by atoms with Gasteiger partial charge in [-0.05, 0) is 38.1 Å². The minimum atomic E-state index is 0.817. The van der Waals surface area contributed by atoms with Crippen molar-refractivity contribution < 1.29 is 0 Å². The molecule has 1 heteroatoms.